The monoisotopic (exact) mass is 455 g/mol. The number of hydrogen-bond donors (Lipinski definition) is 0. The topological polar surface area (TPSA) is 89.1 Å². The zero-order valence-corrected chi connectivity index (χ0v) is 19.3. The van der Waals surface area contributed by atoms with E-state index >= 15 is 0 Å². The van der Waals surface area contributed by atoms with Crippen LogP contribution in [0.25, 0.3) is 5.65 Å². The molecular formula is C19H29N5O4S2. The van der Waals surface area contributed by atoms with E-state index in [1.54, 1.807) is 27.4 Å². The molecule has 0 saturated carbocycles. The van der Waals surface area contributed by atoms with Crippen molar-refractivity contribution in [3.63, 3.8) is 0 Å². The predicted octanol–water partition coefficient (Wildman–Crippen LogP) is 2.13. The number of rotatable bonds is 8. The third kappa shape index (κ3) is 4.58. The molecule has 3 rings (SSSR count). The Morgan fingerprint density at radius 2 is 1.90 bits per heavy atom. The number of likely N-dealkylation sites (tertiary alicyclic amines) is 1. The average molecular weight is 456 g/mol. The minimum atomic E-state index is -3.57. The Balaban J connectivity index is 1.77. The van der Waals surface area contributed by atoms with Gasteiger partial charge in [-0.3, -0.25) is 14.1 Å². The lowest BCUT2D eigenvalue weighted by molar-refractivity contribution is -0.149. The van der Waals surface area contributed by atoms with Gasteiger partial charge in [0.15, 0.2) is 5.65 Å². The standard InChI is InChI=1S/C19H29N5O4S2/c1-4-22(5-2)30(26,27)16-7-8-17-20-24(19(29)23(17)13-16)14-21-11-9-15(10-12-21)18(25)28-6-3/h7-8,13,15H,4-6,9-12,14H2,1-3H3. The molecule has 166 valence electrons. The van der Waals surface area contributed by atoms with Gasteiger partial charge in [0.1, 0.15) is 0 Å². The molecule has 9 nitrogen and oxygen atoms in total. The number of pyridine rings is 1. The first-order valence-corrected chi connectivity index (χ1v) is 12.1. The normalized spacial score (nSPS) is 16.4. The first-order valence-electron chi connectivity index (χ1n) is 10.3. The molecule has 3 heterocycles. The molecule has 1 aliphatic heterocycles. The summed E-state index contributed by atoms with van der Waals surface area (Å²) in [4.78, 5) is 14.3. The fourth-order valence-electron chi connectivity index (χ4n) is 3.72. The SMILES string of the molecule is CCOC(=O)C1CCN(Cn2nc3ccc(S(=O)(=O)N(CC)CC)cn3c2=S)CC1. The summed E-state index contributed by atoms with van der Waals surface area (Å²) in [5, 5.41) is 4.53. The van der Waals surface area contributed by atoms with Gasteiger partial charge in [-0.25, -0.2) is 13.1 Å². The number of ether oxygens (including phenoxy) is 1. The second-order valence-corrected chi connectivity index (χ2v) is 9.55. The van der Waals surface area contributed by atoms with Gasteiger partial charge in [-0.1, -0.05) is 13.8 Å². The maximum Gasteiger partial charge on any atom is 0.309 e. The number of carbonyl (C=O) groups is 1. The van der Waals surface area contributed by atoms with Crippen LogP contribution in [-0.2, 0) is 26.2 Å². The quantitative estimate of drug-likeness (QED) is 0.445. The molecule has 1 aliphatic rings. The number of piperidine rings is 1. The Morgan fingerprint density at radius 3 is 2.50 bits per heavy atom. The van der Waals surface area contributed by atoms with Gasteiger partial charge in [0.05, 0.1) is 24.1 Å². The van der Waals surface area contributed by atoms with Crippen molar-refractivity contribution in [3.8, 4) is 0 Å². The van der Waals surface area contributed by atoms with E-state index in [1.807, 2.05) is 20.8 Å². The maximum absolute atomic E-state index is 12.8. The largest absolute Gasteiger partial charge is 0.466 e. The second kappa shape index (κ2) is 9.54. The molecule has 0 unspecified atom stereocenters. The van der Waals surface area contributed by atoms with Crippen LogP contribution in [0.15, 0.2) is 23.2 Å². The number of nitrogens with zero attached hydrogens (tertiary/aromatic N) is 5. The van der Waals surface area contributed by atoms with E-state index in [4.69, 9.17) is 17.0 Å². The Morgan fingerprint density at radius 1 is 1.23 bits per heavy atom. The van der Waals surface area contributed by atoms with Gasteiger partial charge in [0, 0.05) is 32.4 Å². The second-order valence-electron chi connectivity index (χ2n) is 7.25. The summed E-state index contributed by atoms with van der Waals surface area (Å²) >= 11 is 5.55. The van der Waals surface area contributed by atoms with Crippen LogP contribution in [0.5, 0.6) is 0 Å². The summed E-state index contributed by atoms with van der Waals surface area (Å²) in [5.74, 6) is -0.175. The van der Waals surface area contributed by atoms with Crippen LogP contribution in [-0.4, -0.2) is 70.6 Å². The van der Waals surface area contributed by atoms with E-state index in [0.717, 1.165) is 25.9 Å². The van der Waals surface area contributed by atoms with Crippen molar-refractivity contribution in [2.24, 2.45) is 5.92 Å². The minimum Gasteiger partial charge on any atom is -0.466 e. The number of hydrogen-bond acceptors (Lipinski definition) is 7. The molecule has 1 fully saturated rings. The average Bonchev–Trinajstić information content (AvgIpc) is 3.04. The highest BCUT2D eigenvalue weighted by atomic mass is 32.2. The van der Waals surface area contributed by atoms with Crippen molar-refractivity contribution in [2.45, 2.75) is 45.2 Å². The van der Waals surface area contributed by atoms with Crippen molar-refractivity contribution in [3.05, 3.63) is 23.1 Å². The van der Waals surface area contributed by atoms with Crippen LogP contribution in [0.1, 0.15) is 33.6 Å². The lowest BCUT2D eigenvalue weighted by Gasteiger charge is -2.30. The fraction of sp³-hybridized carbons (Fsp3) is 0.632. The summed E-state index contributed by atoms with van der Waals surface area (Å²) in [6, 6.07) is 3.25. The summed E-state index contributed by atoms with van der Waals surface area (Å²) < 4.78 is 35.9. The van der Waals surface area contributed by atoms with Crippen LogP contribution in [0.4, 0.5) is 0 Å². The minimum absolute atomic E-state index is 0.0527. The highest BCUT2D eigenvalue weighted by Crippen LogP contribution is 2.20. The van der Waals surface area contributed by atoms with Crippen LogP contribution < -0.4 is 0 Å². The number of sulfonamides is 1. The third-order valence-corrected chi connectivity index (χ3v) is 7.88. The van der Waals surface area contributed by atoms with Gasteiger partial charge in [-0.15, -0.1) is 0 Å². The highest BCUT2D eigenvalue weighted by molar-refractivity contribution is 7.89. The van der Waals surface area contributed by atoms with Crippen molar-refractivity contribution < 1.29 is 17.9 Å². The highest BCUT2D eigenvalue weighted by Gasteiger charge is 2.27. The molecule has 0 atom stereocenters. The van der Waals surface area contributed by atoms with Crippen molar-refractivity contribution in [1.29, 1.82) is 0 Å². The van der Waals surface area contributed by atoms with Gasteiger partial charge in [-0.2, -0.15) is 9.40 Å². The molecule has 30 heavy (non-hydrogen) atoms. The van der Waals surface area contributed by atoms with Crippen LogP contribution in [0.3, 0.4) is 0 Å². The Labute approximate surface area is 182 Å². The van der Waals surface area contributed by atoms with E-state index in [1.165, 1.54) is 4.31 Å². The molecule has 0 spiro atoms. The molecule has 0 bridgehead atoms. The Hall–Kier alpha value is -1.82. The van der Waals surface area contributed by atoms with Gasteiger partial charge in [0.2, 0.25) is 14.8 Å². The molecule has 0 aliphatic carbocycles. The molecule has 0 aromatic carbocycles. The molecular weight excluding hydrogens is 426 g/mol. The van der Waals surface area contributed by atoms with Crippen LogP contribution >= 0.6 is 12.2 Å². The number of aromatic nitrogens is 3. The van der Waals surface area contributed by atoms with Gasteiger partial charge < -0.3 is 4.74 Å². The van der Waals surface area contributed by atoms with Gasteiger partial charge >= 0.3 is 5.97 Å². The van der Waals surface area contributed by atoms with E-state index in [2.05, 4.69) is 10.00 Å². The summed E-state index contributed by atoms with van der Waals surface area (Å²) in [6.07, 6.45) is 3.03. The van der Waals surface area contributed by atoms with Gasteiger partial charge in [-0.05, 0) is 44.1 Å². The first-order chi connectivity index (χ1) is 14.3. The van der Waals surface area contributed by atoms with E-state index in [9.17, 15) is 13.2 Å². The molecule has 2 aromatic rings. The molecule has 0 radical (unpaired) electrons. The Kier molecular flexibility index (Phi) is 7.27. The lowest BCUT2D eigenvalue weighted by Crippen LogP contribution is -2.38. The summed E-state index contributed by atoms with van der Waals surface area (Å²) in [5.41, 5.74) is 0.597. The smallest absolute Gasteiger partial charge is 0.309 e. The zero-order chi connectivity index (χ0) is 21.9. The number of esters is 1. The van der Waals surface area contributed by atoms with E-state index in [0.29, 0.717) is 36.8 Å². The lowest BCUT2D eigenvalue weighted by atomic mass is 9.97. The molecule has 0 amide bonds. The number of fused-ring (bicyclic) bond motifs is 1. The Bertz CT molecular complexity index is 1050. The van der Waals surface area contributed by atoms with Crippen LogP contribution in [0.2, 0.25) is 0 Å². The van der Waals surface area contributed by atoms with Crippen LogP contribution in [0, 0.1) is 10.7 Å². The molecule has 1 saturated heterocycles. The molecule has 2 aromatic heterocycles. The first kappa shape index (κ1) is 22.9. The summed E-state index contributed by atoms with van der Waals surface area (Å²) in [7, 11) is -3.57. The zero-order valence-electron chi connectivity index (χ0n) is 17.7. The van der Waals surface area contributed by atoms with E-state index in [-0.39, 0.29) is 16.8 Å². The van der Waals surface area contributed by atoms with E-state index < -0.39 is 10.0 Å². The third-order valence-electron chi connectivity index (χ3n) is 5.43. The van der Waals surface area contributed by atoms with Gasteiger partial charge in [0.25, 0.3) is 0 Å². The molecule has 0 N–H and O–H groups in total. The predicted molar refractivity (Wildman–Crippen MR) is 115 cm³/mol. The van der Waals surface area contributed by atoms with Crippen molar-refractivity contribution >= 4 is 33.9 Å². The van der Waals surface area contributed by atoms with Crippen molar-refractivity contribution in [2.75, 3.05) is 32.8 Å². The summed E-state index contributed by atoms with van der Waals surface area (Å²) in [6.45, 7) is 8.66. The fourth-order valence-corrected chi connectivity index (χ4v) is 5.42. The molecule has 11 heteroatoms. The van der Waals surface area contributed by atoms with Crippen molar-refractivity contribution in [1.82, 2.24) is 23.4 Å². The number of carbonyl (C=O) groups excluding carboxylic acids is 1. The maximum atomic E-state index is 12.8.